The van der Waals surface area contributed by atoms with Crippen LogP contribution in [0.25, 0.3) is 0 Å². The smallest absolute Gasteiger partial charge is 0.223 e. The molecule has 0 spiro atoms. The Morgan fingerprint density at radius 1 is 1.36 bits per heavy atom. The summed E-state index contributed by atoms with van der Waals surface area (Å²) >= 11 is 1.65. The first-order valence-electron chi connectivity index (χ1n) is 10.1. The third kappa shape index (κ3) is 5.34. The maximum Gasteiger partial charge on any atom is 0.223 e. The molecule has 1 atom stereocenters. The van der Waals surface area contributed by atoms with Crippen LogP contribution in [-0.2, 0) is 17.6 Å². The van der Waals surface area contributed by atoms with E-state index in [0.29, 0.717) is 19.0 Å². The molecular weight excluding hydrogens is 375 g/mol. The number of carbonyl (C=O) groups excluding carboxylic acids is 1. The normalized spacial score (nSPS) is 15.7. The maximum absolute atomic E-state index is 13.3. The molecule has 7 heteroatoms. The first kappa shape index (κ1) is 20.8. The number of aryl methyl sites for hydroxylation is 1. The van der Waals surface area contributed by atoms with E-state index in [1.54, 1.807) is 17.8 Å². The van der Waals surface area contributed by atoms with Gasteiger partial charge in [0.25, 0.3) is 0 Å². The first-order chi connectivity index (χ1) is 13.6. The van der Waals surface area contributed by atoms with Crippen LogP contribution >= 0.6 is 11.8 Å². The second-order valence-electron chi connectivity index (χ2n) is 7.54. The van der Waals surface area contributed by atoms with Crippen molar-refractivity contribution in [1.82, 2.24) is 20.1 Å². The highest BCUT2D eigenvalue weighted by Crippen LogP contribution is 2.33. The van der Waals surface area contributed by atoms with Crippen molar-refractivity contribution in [2.75, 3.05) is 12.8 Å². The second kappa shape index (κ2) is 10.0. The molecule has 0 aliphatic heterocycles. The van der Waals surface area contributed by atoms with Crippen LogP contribution in [0.2, 0.25) is 0 Å². The van der Waals surface area contributed by atoms with Crippen LogP contribution in [-0.4, -0.2) is 33.5 Å². The molecule has 1 fully saturated rings. The number of benzene rings is 1. The van der Waals surface area contributed by atoms with Crippen LogP contribution in [0.15, 0.2) is 29.4 Å². The molecule has 152 valence electrons. The van der Waals surface area contributed by atoms with Crippen LogP contribution in [0.3, 0.4) is 0 Å². The van der Waals surface area contributed by atoms with Crippen molar-refractivity contribution in [1.29, 1.82) is 0 Å². The lowest BCUT2D eigenvalue weighted by Gasteiger charge is -2.16. The molecule has 1 heterocycles. The van der Waals surface area contributed by atoms with Crippen molar-refractivity contribution >= 4 is 17.7 Å². The van der Waals surface area contributed by atoms with Crippen LogP contribution in [0.4, 0.5) is 4.39 Å². The molecule has 0 radical (unpaired) electrons. The van der Waals surface area contributed by atoms with Crippen molar-refractivity contribution in [3.8, 4) is 0 Å². The zero-order chi connectivity index (χ0) is 19.9. The highest BCUT2D eigenvalue weighted by Gasteiger charge is 2.23. The van der Waals surface area contributed by atoms with Gasteiger partial charge >= 0.3 is 0 Å². The number of rotatable bonds is 9. The Morgan fingerprint density at radius 3 is 2.86 bits per heavy atom. The number of carbonyl (C=O) groups is 1. The molecular formula is C21H29FN4OS. The molecule has 1 amide bonds. The van der Waals surface area contributed by atoms with Crippen LogP contribution in [0.5, 0.6) is 0 Å². The van der Waals surface area contributed by atoms with Gasteiger partial charge in [0.1, 0.15) is 11.6 Å². The zero-order valence-corrected chi connectivity index (χ0v) is 17.5. The minimum absolute atomic E-state index is 0.00586. The van der Waals surface area contributed by atoms with Gasteiger partial charge in [-0.2, -0.15) is 0 Å². The van der Waals surface area contributed by atoms with E-state index in [1.165, 1.54) is 37.8 Å². The molecule has 28 heavy (non-hydrogen) atoms. The number of amides is 1. The Labute approximate surface area is 170 Å². The van der Waals surface area contributed by atoms with Crippen molar-refractivity contribution in [2.24, 2.45) is 5.92 Å². The molecule has 1 N–H and O–H groups in total. The van der Waals surface area contributed by atoms with Crippen molar-refractivity contribution < 1.29 is 9.18 Å². The third-order valence-electron chi connectivity index (χ3n) is 5.36. The molecule has 1 saturated carbocycles. The average molecular weight is 405 g/mol. The van der Waals surface area contributed by atoms with Gasteiger partial charge < -0.3 is 9.88 Å². The van der Waals surface area contributed by atoms with Gasteiger partial charge in [0.15, 0.2) is 5.16 Å². The number of halogens is 1. The molecule has 5 nitrogen and oxygen atoms in total. The minimum atomic E-state index is -0.263. The summed E-state index contributed by atoms with van der Waals surface area (Å²) in [6.07, 6.45) is 9.17. The molecule has 0 bridgehead atoms. The Kier molecular flexibility index (Phi) is 7.48. The second-order valence-corrected chi connectivity index (χ2v) is 8.31. The molecule has 1 aliphatic carbocycles. The van der Waals surface area contributed by atoms with Crippen molar-refractivity contribution in [3.63, 3.8) is 0 Å². The third-order valence-corrected chi connectivity index (χ3v) is 6.01. The Bertz CT molecular complexity index is 788. The largest absolute Gasteiger partial charge is 0.356 e. The zero-order valence-electron chi connectivity index (χ0n) is 16.7. The SMILES string of the molecule is CSc1nnc(CCCNC(=O)C(C)Cc2cccc(F)c2)n1C1CCCC1. The summed E-state index contributed by atoms with van der Waals surface area (Å²) in [4.78, 5) is 12.3. The van der Waals surface area contributed by atoms with E-state index in [9.17, 15) is 9.18 Å². The van der Waals surface area contributed by atoms with E-state index < -0.39 is 0 Å². The quantitative estimate of drug-likeness (QED) is 0.503. The van der Waals surface area contributed by atoms with Crippen LogP contribution in [0.1, 0.15) is 56.5 Å². The Balaban J connectivity index is 1.46. The fourth-order valence-electron chi connectivity index (χ4n) is 3.89. The number of nitrogens with zero attached hydrogens (tertiary/aromatic N) is 3. The molecule has 1 unspecified atom stereocenters. The number of nitrogens with one attached hydrogen (secondary N) is 1. The Hall–Kier alpha value is -1.89. The van der Waals surface area contributed by atoms with Gasteiger partial charge in [-0.3, -0.25) is 4.79 Å². The van der Waals surface area contributed by atoms with E-state index in [4.69, 9.17) is 0 Å². The molecule has 2 aromatic rings. The summed E-state index contributed by atoms with van der Waals surface area (Å²) in [5.41, 5.74) is 0.844. The van der Waals surface area contributed by atoms with Crippen molar-refractivity contribution in [2.45, 2.75) is 63.1 Å². The number of aromatic nitrogens is 3. The van der Waals surface area contributed by atoms with Gasteiger partial charge in [-0.15, -0.1) is 10.2 Å². The summed E-state index contributed by atoms with van der Waals surface area (Å²) in [6, 6.07) is 6.96. The van der Waals surface area contributed by atoms with Crippen molar-refractivity contribution in [3.05, 3.63) is 41.5 Å². The highest BCUT2D eigenvalue weighted by atomic mass is 32.2. The standard InChI is InChI=1S/C21H29FN4OS/c1-15(13-16-7-5-8-17(22)14-16)20(27)23-12-6-11-19-24-25-21(28-2)26(19)18-9-3-4-10-18/h5,7-8,14-15,18H,3-4,6,9-13H2,1-2H3,(H,23,27). The van der Waals surface area contributed by atoms with Gasteiger partial charge in [-0.05, 0) is 49.6 Å². The van der Waals surface area contributed by atoms with Gasteiger partial charge in [-0.1, -0.05) is 43.7 Å². The molecule has 0 saturated heterocycles. The van der Waals surface area contributed by atoms with E-state index in [2.05, 4.69) is 20.1 Å². The summed E-state index contributed by atoms with van der Waals surface area (Å²) in [6.45, 7) is 2.49. The van der Waals surface area contributed by atoms with Crippen LogP contribution < -0.4 is 5.32 Å². The highest BCUT2D eigenvalue weighted by molar-refractivity contribution is 7.98. The van der Waals surface area contributed by atoms with E-state index >= 15 is 0 Å². The summed E-state index contributed by atoms with van der Waals surface area (Å²) < 4.78 is 15.6. The topological polar surface area (TPSA) is 59.8 Å². The van der Waals surface area contributed by atoms with Gasteiger partial charge in [0.05, 0.1) is 0 Å². The predicted octanol–water partition coefficient (Wildman–Crippen LogP) is 4.18. The van der Waals surface area contributed by atoms with Gasteiger partial charge in [0.2, 0.25) is 5.91 Å². The molecule has 1 aliphatic rings. The maximum atomic E-state index is 13.3. The minimum Gasteiger partial charge on any atom is -0.356 e. The molecule has 3 rings (SSSR count). The first-order valence-corrected chi connectivity index (χ1v) is 11.3. The molecule has 1 aromatic carbocycles. The molecule has 1 aromatic heterocycles. The number of hydrogen-bond donors (Lipinski definition) is 1. The number of thioether (sulfide) groups is 1. The number of hydrogen-bond acceptors (Lipinski definition) is 4. The lowest BCUT2D eigenvalue weighted by Crippen LogP contribution is -2.31. The van der Waals surface area contributed by atoms with Crippen LogP contribution in [0, 0.1) is 11.7 Å². The summed E-state index contributed by atoms with van der Waals surface area (Å²) in [5, 5.41) is 12.7. The van der Waals surface area contributed by atoms with Gasteiger partial charge in [0, 0.05) is 24.9 Å². The Morgan fingerprint density at radius 2 is 2.14 bits per heavy atom. The summed E-state index contributed by atoms with van der Waals surface area (Å²) in [5.74, 6) is 0.581. The fraction of sp³-hybridized carbons (Fsp3) is 0.571. The monoisotopic (exact) mass is 404 g/mol. The predicted molar refractivity (Wildman–Crippen MR) is 110 cm³/mol. The van der Waals surface area contributed by atoms with E-state index in [1.807, 2.05) is 19.2 Å². The average Bonchev–Trinajstić information content (AvgIpc) is 3.34. The van der Waals surface area contributed by atoms with E-state index in [0.717, 1.165) is 29.4 Å². The van der Waals surface area contributed by atoms with Gasteiger partial charge in [-0.25, -0.2) is 4.39 Å². The lowest BCUT2D eigenvalue weighted by molar-refractivity contribution is -0.124. The van der Waals surface area contributed by atoms with E-state index in [-0.39, 0.29) is 17.6 Å². The fourth-order valence-corrected chi connectivity index (χ4v) is 4.46. The lowest BCUT2D eigenvalue weighted by atomic mass is 10.0. The summed E-state index contributed by atoms with van der Waals surface area (Å²) in [7, 11) is 0.